The summed E-state index contributed by atoms with van der Waals surface area (Å²) in [5.41, 5.74) is 0.782. The van der Waals surface area contributed by atoms with Crippen molar-refractivity contribution in [2.45, 2.75) is 25.9 Å². The number of likely N-dealkylation sites (tertiary alicyclic amines) is 1. The molecule has 144 valence electrons. The molecule has 1 aromatic heterocycles. The van der Waals surface area contributed by atoms with Crippen LogP contribution in [-0.4, -0.2) is 36.3 Å². The fourth-order valence-electron chi connectivity index (χ4n) is 3.19. The Balaban J connectivity index is 1.34. The molecule has 0 bridgehead atoms. The molecule has 1 aliphatic rings. The van der Waals surface area contributed by atoms with E-state index in [1.54, 1.807) is 12.3 Å². The monoisotopic (exact) mass is 389 g/mol. The van der Waals surface area contributed by atoms with Crippen molar-refractivity contribution in [3.63, 3.8) is 0 Å². The van der Waals surface area contributed by atoms with E-state index in [2.05, 4.69) is 15.5 Å². The summed E-state index contributed by atoms with van der Waals surface area (Å²) in [5.74, 6) is 0.125. The number of nitrogens with zero attached hydrogens (tertiary/aromatic N) is 1. The smallest absolute Gasteiger partial charge is 0.309 e. The van der Waals surface area contributed by atoms with E-state index < -0.39 is 11.8 Å². The molecule has 2 N–H and O–H groups in total. The average molecular weight is 390 g/mol. The van der Waals surface area contributed by atoms with Crippen molar-refractivity contribution in [3.05, 3.63) is 59.0 Å². The largest absolute Gasteiger partial charge is 0.468 e. The van der Waals surface area contributed by atoms with Gasteiger partial charge < -0.3 is 15.1 Å². The molecular weight excluding hydrogens is 366 g/mol. The second-order valence-electron chi connectivity index (χ2n) is 6.78. The third-order valence-electron chi connectivity index (χ3n) is 4.82. The van der Waals surface area contributed by atoms with Crippen LogP contribution in [-0.2, 0) is 22.7 Å². The Labute approximate surface area is 163 Å². The minimum atomic E-state index is -0.634. The Kier molecular flexibility index (Phi) is 6.90. The highest BCUT2D eigenvalue weighted by molar-refractivity contribution is 6.35. The van der Waals surface area contributed by atoms with Crippen LogP contribution in [0.5, 0.6) is 0 Å². The number of amides is 2. The maximum Gasteiger partial charge on any atom is 0.309 e. The third-order valence-corrected chi connectivity index (χ3v) is 5.19. The van der Waals surface area contributed by atoms with E-state index in [-0.39, 0.29) is 6.54 Å². The number of benzene rings is 1. The van der Waals surface area contributed by atoms with Gasteiger partial charge in [0.1, 0.15) is 5.76 Å². The van der Waals surface area contributed by atoms with Crippen LogP contribution in [0.4, 0.5) is 0 Å². The number of piperidine rings is 1. The van der Waals surface area contributed by atoms with Gasteiger partial charge in [-0.3, -0.25) is 14.5 Å². The van der Waals surface area contributed by atoms with Crippen molar-refractivity contribution in [2.24, 2.45) is 5.92 Å². The molecule has 7 heteroatoms. The van der Waals surface area contributed by atoms with Crippen LogP contribution in [0.25, 0.3) is 0 Å². The third kappa shape index (κ3) is 5.84. The summed E-state index contributed by atoms with van der Waals surface area (Å²) >= 11 is 6.04. The Morgan fingerprint density at radius 3 is 2.52 bits per heavy atom. The molecule has 27 heavy (non-hydrogen) atoms. The number of halogens is 1. The Hall–Kier alpha value is -2.31. The molecule has 0 unspecified atom stereocenters. The average Bonchev–Trinajstić information content (AvgIpc) is 3.19. The Bertz CT molecular complexity index is 756. The number of carbonyl (C=O) groups excluding carboxylic acids is 2. The summed E-state index contributed by atoms with van der Waals surface area (Å²) in [5, 5.41) is 5.92. The van der Waals surface area contributed by atoms with Crippen molar-refractivity contribution < 1.29 is 14.0 Å². The molecule has 1 aromatic carbocycles. The van der Waals surface area contributed by atoms with E-state index in [9.17, 15) is 9.59 Å². The van der Waals surface area contributed by atoms with Crippen LogP contribution in [0.3, 0.4) is 0 Å². The van der Waals surface area contributed by atoms with Gasteiger partial charge in [-0.2, -0.15) is 0 Å². The lowest BCUT2D eigenvalue weighted by molar-refractivity contribution is -0.139. The second kappa shape index (κ2) is 9.58. The van der Waals surface area contributed by atoms with Crippen LogP contribution in [0.15, 0.2) is 47.1 Å². The van der Waals surface area contributed by atoms with Gasteiger partial charge in [-0.05, 0) is 55.6 Å². The summed E-state index contributed by atoms with van der Waals surface area (Å²) in [6.07, 6.45) is 3.67. The fourth-order valence-corrected chi connectivity index (χ4v) is 3.39. The molecule has 0 aliphatic carbocycles. The minimum absolute atomic E-state index is 0.233. The van der Waals surface area contributed by atoms with Crippen LogP contribution in [0.2, 0.25) is 5.02 Å². The molecule has 2 heterocycles. The van der Waals surface area contributed by atoms with Crippen LogP contribution < -0.4 is 10.6 Å². The summed E-state index contributed by atoms with van der Waals surface area (Å²) in [4.78, 5) is 26.3. The van der Waals surface area contributed by atoms with E-state index >= 15 is 0 Å². The van der Waals surface area contributed by atoms with Gasteiger partial charge in [-0.25, -0.2) is 0 Å². The molecule has 1 fully saturated rings. The lowest BCUT2D eigenvalue weighted by Gasteiger charge is -2.31. The summed E-state index contributed by atoms with van der Waals surface area (Å²) in [6.45, 7) is 3.49. The molecular formula is C20H24ClN3O3. The Morgan fingerprint density at radius 1 is 1.07 bits per heavy atom. The van der Waals surface area contributed by atoms with E-state index in [4.69, 9.17) is 16.0 Å². The molecule has 0 radical (unpaired) electrons. The van der Waals surface area contributed by atoms with E-state index in [1.807, 2.05) is 30.3 Å². The predicted octanol–water partition coefficient (Wildman–Crippen LogP) is 2.58. The minimum Gasteiger partial charge on any atom is -0.468 e. The van der Waals surface area contributed by atoms with Gasteiger partial charge in [0.2, 0.25) is 0 Å². The molecule has 0 spiro atoms. The van der Waals surface area contributed by atoms with Crippen molar-refractivity contribution in [2.75, 3.05) is 19.6 Å². The lowest BCUT2D eigenvalue weighted by atomic mass is 9.96. The summed E-state index contributed by atoms with van der Waals surface area (Å²) < 4.78 is 5.38. The van der Waals surface area contributed by atoms with Crippen molar-refractivity contribution in [1.29, 1.82) is 0 Å². The molecule has 1 saturated heterocycles. The fraction of sp³-hybridized carbons (Fsp3) is 0.400. The van der Waals surface area contributed by atoms with Crippen molar-refractivity contribution >= 4 is 23.4 Å². The van der Waals surface area contributed by atoms with E-state index in [0.29, 0.717) is 17.5 Å². The number of hydrogen-bond donors (Lipinski definition) is 2. The maximum absolute atomic E-state index is 12.0. The molecule has 1 aliphatic heterocycles. The first-order chi connectivity index (χ1) is 13.1. The van der Waals surface area contributed by atoms with Gasteiger partial charge in [0.25, 0.3) is 0 Å². The van der Waals surface area contributed by atoms with Gasteiger partial charge in [-0.15, -0.1) is 0 Å². The number of furan rings is 1. The summed E-state index contributed by atoms with van der Waals surface area (Å²) in [7, 11) is 0. The van der Waals surface area contributed by atoms with Gasteiger partial charge >= 0.3 is 11.8 Å². The zero-order valence-electron chi connectivity index (χ0n) is 15.1. The zero-order valence-corrected chi connectivity index (χ0v) is 15.9. The first-order valence-electron chi connectivity index (χ1n) is 9.16. The SMILES string of the molecule is O=C(NCc1ccccc1Cl)C(=O)NCC1CCN(Cc2ccco2)CC1. The van der Waals surface area contributed by atoms with Gasteiger partial charge in [-0.1, -0.05) is 29.8 Å². The van der Waals surface area contributed by atoms with E-state index in [1.165, 1.54) is 0 Å². The summed E-state index contributed by atoms with van der Waals surface area (Å²) in [6, 6.07) is 11.1. The van der Waals surface area contributed by atoms with Gasteiger partial charge in [0.15, 0.2) is 0 Å². The normalized spacial score (nSPS) is 15.4. The first-order valence-corrected chi connectivity index (χ1v) is 9.54. The number of rotatable bonds is 6. The highest BCUT2D eigenvalue weighted by Crippen LogP contribution is 2.18. The molecule has 0 saturated carbocycles. The molecule has 2 amide bonds. The topological polar surface area (TPSA) is 74.6 Å². The quantitative estimate of drug-likeness (QED) is 0.745. The number of nitrogens with one attached hydrogen (secondary N) is 2. The van der Waals surface area contributed by atoms with Crippen molar-refractivity contribution in [3.8, 4) is 0 Å². The maximum atomic E-state index is 12.0. The molecule has 0 atom stereocenters. The Morgan fingerprint density at radius 2 is 1.81 bits per heavy atom. The van der Waals surface area contributed by atoms with Crippen LogP contribution in [0.1, 0.15) is 24.2 Å². The lowest BCUT2D eigenvalue weighted by Crippen LogP contribution is -2.43. The molecule has 3 rings (SSSR count). The highest BCUT2D eigenvalue weighted by Gasteiger charge is 2.21. The number of hydrogen-bond acceptors (Lipinski definition) is 4. The zero-order chi connectivity index (χ0) is 19.1. The predicted molar refractivity (Wildman–Crippen MR) is 103 cm³/mol. The van der Waals surface area contributed by atoms with Crippen LogP contribution >= 0.6 is 11.6 Å². The highest BCUT2D eigenvalue weighted by atomic mass is 35.5. The van der Waals surface area contributed by atoms with Gasteiger partial charge in [0, 0.05) is 18.1 Å². The standard InChI is InChI=1S/C20H24ClN3O3/c21-18-6-2-1-4-16(18)13-23-20(26)19(25)22-12-15-7-9-24(10-8-15)14-17-5-3-11-27-17/h1-6,11,15H,7-10,12-14H2,(H,22,25)(H,23,26). The van der Waals surface area contributed by atoms with Crippen LogP contribution in [0, 0.1) is 5.92 Å². The van der Waals surface area contributed by atoms with Gasteiger partial charge in [0.05, 0.1) is 12.8 Å². The second-order valence-corrected chi connectivity index (χ2v) is 7.19. The molecule has 2 aromatic rings. The van der Waals surface area contributed by atoms with E-state index in [0.717, 1.165) is 43.8 Å². The first kappa shape index (κ1) is 19.5. The molecule has 6 nitrogen and oxygen atoms in total. The number of carbonyl (C=O) groups is 2. The van der Waals surface area contributed by atoms with Crippen molar-refractivity contribution in [1.82, 2.24) is 15.5 Å².